The number of hydrogen-bond donors (Lipinski definition) is 4. The number of H-pyrrole nitrogens is 1. The Morgan fingerprint density at radius 1 is 0.934 bits per heavy atom. The molecule has 5 amide bonds. The van der Waals surface area contributed by atoms with Crippen LogP contribution in [0.25, 0.3) is 21.9 Å². The van der Waals surface area contributed by atoms with Crippen LogP contribution in [0.5, 0.6) is 0 Å². The number of primary amides is 1. The van der Waals surface area contributed by atoms with Gasteiger partial charge in [-0.1, -0.05) is 12.1 Å². The summed E-state index contributed by atoms with van der Waals surface area (Å²) in [6, 6.07) is 12.6. The third-order valence-corrected chi connectivity index (χ3v) is 13.6. The molecule has 3 atom stereocenters. The average molecular weight is 829 g/mol. The SMILES string of the molecule is CN1CCN([C@@H]2CCCN(c3cnc(C(N)=O)c(Nc4ccc(C5CCN(CC6CCN(c7cc8o[nH]c(C9CCC(=O)NC9=O)c8c8ccnc78)C6)CC5)cc4)n3)C2)C1=O. The molecule has 5 fully saturated rings. The number of likely N-dealkylation sites (N-methyl/N-ethyl adjacent to an activating group) is 1. The van der Waals surface area contributed by atoms with Gasteiger partial charge in [-0.2, -0.15) is 0 Å². The minimum Gasteiger partial charge on any atom is -0.382 e. The van der Waals surface area contributed by atoms with Crippen molar-refractivity contribution in [2.24, 2.45) is 11.7 Å². The Morgan fingerprint density at radius 2 is 1.77 bits per heavy atom. The fraction of sp³-hybridized carbons (Fsp3) is 0.477. The molecule has 0 saturated carbocycles. The second-order valence-corrected chi connectivity index (χ2v) is 17.4. The van der Waals surface area contributed by atoms with Gasteiger partial charge < -0.3 is 40.1 Å². The summed E-state index contributed by atoms with van der Waals surface area (Å²) in [6.45, 7) is 7.92. The normalized spacial score (nSPS) is 23.2. The standard InChI is InChI=1S/C44H52N12O5/c1-52-19-20-56(44(52)60)30-3-2-15-55(25-30)35-22-47-40(41(45)58)42(49-35)48-29-6-4-27(5-7-29)28-12-16-53(17-13-28)23-26-11-18-54(24-26)33-21-34-37(31-10-14-46-38(31)33)39(51-61-34)32-8-9-36(57)50-43(32)59/h4-7,10,14,21-22,26,28,30,32,51H,2-3,8-9,11-13,15-20,23-25H2,1H3,(H2,45,58)(H,48,49)(H,50,57,59)/t26?,30-,32?/m1/s1. The van der Waals surface area contributed by atoms with Crippen molar-refractivity contribution in [2.45, 2.75) is 62.8 Å². The molecule has 10 rings (SSSR count). The first kappa shape index (κ1) is 38.9. The lowest BCUT2D eigenvalue weighted by molar-refractivity contribution is -0.134. The molecule has 3 aromatic heterocycles. The minimum absolute atomic E-state index is 0.0689. The summed E-state index contributed by atoms with van der Waals surface area (Å²) < 4.78 is 5.95. The first-order chi connectivity index (χ1) is 29.7. The number of piperidine rings is 3. The zero-order valence-corrected chi connectivity index (χ0v) is 34.4. The number of nitrogens with one attached hydrogen (secondary N) is 3. The van der Waals surface area contributed by atoms with E-state index >= 15 is 0 Å². The Balaban J connectivity index is 0.746. The molecule has 61 heavy (non-hydrogen) atoms. The largest absolute Gasteiger partial charge is 0.382 e. The number of fused-ring (bicyclic) bond motifs is 3. The number of urea groups is 1. The maximum Gasteiger partial charge on any atom is 0.320 e. The lowest BCUT2D eigenvalue weighted by Gasteiger charge is -2.37. The number of likely N-dealkylation sites (tertiary alicyclic amines) is 1. The first-order valence-electron chi connectivity index (χ1n) is 21.7. The second kappa shape index (κ2) is 16.0. The van der Waals surface area contributed by atoms with Crippen LogP contribution in [0.1, 0.15) is 78.5 Å². The number of carbonyl (C=O) groups is 4. The van der Waals surface area contributed by atoms with Crippen LogP contribution >= 0.6 is 0 Å². The number of amides is 5. The maximum atomic E-state index is 12.7. The molecule has 0 radical (unpaired) electrons. The van der Waals surface area contributed by atoms with Crippen LogP contribution in [-0.4, -0.2) is 131 Å². The van der Waals surface area contributed by atoms with Gasteiger partial charge in [0.15, 0.2) is 17.1 Å². The van der Waals surface area contributed by atoms with Crippen LogP contribution in [0.4, 0.5) is 27.8 Å². The van der Waals surface area contributed by atoms with Gasteiger partial charge in [-0.15, -0.1) is 0 Å². The highest BCUT2D eigenvalue weighted by atomic mass is 16.5. The van der Waals surface area contributed by atoms with E-state index in [1.54, 1.807) is 11.1 Å². The number of nitrogens with two attached hydrogens (primary N) is 1. The predicted molar refractivity (Wildman–Crippen MR) is 230 cm³/mol. The Morgan fingerprint density at radius 3 is 2.54 bits per heavy atom. The molecular formula is C44H52N12O5. The summed E-state index contributed by atoms with van der Waals surface area (Å²) in [7, 11) is 1.84. The van der Waals surface area contributed by atoms with Gasteiger partial charge >= 0.3 is 6.03 Å². The summed E-state index contributed by atoms with van der Waals surface area (Å²) in [4.78, 5) is 74.5. The van der Waals surface area contributed by atoms with Gasteiger partial charge in [0.05, 0.1) is 40.4 Å². The maximum absolute atomic E-state index is 12.7. The van der Waals surface area contributed by atoms with Gasteiger partial charge in [-0.3, -0.25) is 24.7 Å². The molecule has 318 valence electrons. The molecule has 5 aliphatic rings. The Labute approximate surface area is 353 Å². The van der Waals surface area contributed by atoms with E-state index in [1.165, 1.54) is 5.56 Å². The van der Waals surface area contributed by atoms with E-state index in [-0.39, 0.29) is 29.6 Å². The third-order valence-electron chi connectivity index (χ3n) is 13.6. The highest BCUT2D eigenvalue weighted by Crippen LogP contribution is 2.41. The van der Waals surface area contributed by atoms with Gasteiger partial charge in [0.2, 0.25) is 11.8 Å². The molecule has 8 heterocycles. The van der Waals surface area contributed by atoms with E-state index in [0.717, 1.165) is 112 Å². The molecule has 5 aliphatic heterocycles. The van der Waals surface area contributed by atoms with E-state index in [4.69, 9.17) is 20.2 Å². The molecule has 2 unspecified atom stereocenters. The molecule has 0 spiro atoms. The van der Waals surface area contributed by atoms with Crippen molar-refractivity contribution >= 4 is 68.6 Å². The zero-order chi connectivity index (χ0) is 41.8. The van der Waals surface area contributed by atoms with Crippen LogP contribution < -0.4 is 26.2 Å². The number of benzene rings is 2. The van der Waals surface area contributed by atoms with Crippen molar-refractivity contribution in [1.82, 2.24) is 40.1 Å². The number of hydrogen-bond acceptors (Lipinski definition) is 12. The van der Waals surface area contributed by atoms with E-state index in [1.807, 2.05) is 36.3 Å². The predicted octanol–water partition coefficient (Wildman–Crippen LogP) is 4.50. The van der Waals surface area contributed by atoms with E-state index in [2.05, 4.69) is 53.7 Å². The van der Waals surface area contributed by atoms with Gasteiger partial charge in [0.1, 0.15) is 5.82 Å². The molecule has 5 N–H and O–H groups in total. The molecule has 0 aliphatic carbocycles. The van der Waals surface area contributed by atoms with Crippen molar-refractivity contribution in [3.63, 3.8) is 0 Å². The van der Waals surface area contributed by atoms with Crippen LogP contribution in [0.15, 0.2) is 53.3 Å². The molecule has 5 saturated heterocycles. The van der Waals surface area contributed by atoms with Crippen molar-refractivity contribution in [2.75, 3.05) is 81.1 Å². The van der Waals surface area contributed by atoms with Crippen molar-refractivity contribution in [1.29, 1.82) is 0 Å². The quantitative estimate of drug-likeness (QED) is 0.144. The average Bonchev–Trinajstić information content (AvgIpc) is 4.09. The smallest absolute Gasteiger partial charge is 0.320 e. The minimum atomic E-state index is -0.648. The monoisotopic (exact) mass is 828 g/mol. The van der Waals surface area contributed by atoms with Crippen LogP contribution in [0.2, 0.25) is 0 Å². The van der Waals surface area contributed by atoms with Crippen LogP contribution in [-0.2, 0) is 9.59 Å². The van der Waals surface area contributed by atoms with E-state index in [9.17, 15) is 19.2 Å². The number of imide groups is 1. The number of rotatable bonds is 10. The van der Waals surface area contributed by atoms with Gasteiger partial charge in [0.25, 0.3) is 5.91 Å². The highest BCUT2D eigenvalue weighted by Gasteiger charge is 2.36. The molecule has 2 aromatic carbocycles. The van der Waals surface area contributed by atoms with Crippen LogP contribution in [0, 0.1) is 5.92 Å². The second-order valence-electron chi connectivity index (χ2n) is 17.4. The van der Waals surface area contributed by atoms with Crippen molar-refractivity contribution in [3.05, 3.63) is 65.7 Å². The van der Waals surface area contributed by atoms with Gasteiger partial charge in [-0.05, 0) is 87.2 Å². The van der Waals surface area contributed by atoms with Gasteiger partial charge in [0, 0.05) is 82.6 Å². The molecule has 5 aromatic rings. The lowest BCUT2D eigenvalue weighted by Crippen LogP contribution is -2.49. The summed E-state index contributed by atoms with van der Waals surface area (Å²) >= 11 is 0. The number of aromatic nitrogens is 4. The number of aromatic amines is 1. The fourth-order valence-electron chi connectivity index (χ4n) is 10.3. The summed E-state index contributed by atoms with van der Waals surface area (Å²) in [6.07, 6.45) is 9.29. The summed E-state index contributed by atoms with van der Waals surface area (Å²) in [5, 5.41) is 10.6. The fourth-order valence-corrected chi connectivity index (χ4v) is 10.3. The molecule has 17 nitrogen and oxygen atoms in total. The van der Waals surface area contributed by atoms with Crippen molar-refractivity contribution < 1.29 is 23.7 Å². The Kier molecular flexibility index (Phi) is 10.2. The summed E-state index contributed by atoms with van der Waals surface area (Å²) in [5.74, 6) is 0.309. The van der Waals surface area contributed by atoms with E-state index in [0.29, 0.717) is 54.1 Å². The topological polar surface area (TPSA) is 202 Å². The zero-order valence-electron chi connectivity index (χ0n) is 34.4. The van der Waals surface area contributed by atoms with E-state index < -0.39 is 11.8 Å². The Bertz CT molecular complexity index is 2490. The lowest BCUT2D eigenvalue weighted by atomic mass is 9.89. The Hall–Kier alpha value is -6.23. The van der Waals surface area contributed by atoms with Gasteiger partial charge in [-0.25, -0.2) is 19.9 Å². The first-order valence-corrected chi connectivity index (χ1v) is 21.7. The number of anilines is 4. The summed E-state index contributed by atoms with van der Waals surface area (Å²) in [5.41, 5.74) is 11.3. The molecule has 0 bridgehead atoms. The number of carbonyl (C=O) groups excluding carboxylic acids is 4. The molecule has 17 heteroatoms. The molecular weight excluding hydrogens is 777 g/mol. The van der Waals surface area contributed by atoms with Crippen molar-refractivity contribution in [3.8, 4) is 0 Å². The van der Waals surface area contributed by atoms with Crippen LogP contribution in [0.3, 0.4) is 0 Å². The number of nitrogens with zero attached hydrogens (tertiary/aromatic N) is 8. The highest BCUT2D eigenvalue weighted by molar-refractivity contribution is 6.13. The third kappa shape index (κ3) is 7.48.